The first kappa shape index (κ1) is 14.4. The molecule has 4 nitrogen and oxygen atoms in total. The monoisotopic (exact) mass is 366 g/mol. The molecule has 0 aliphatic carbocycles. The number of fused-ring (bicyclic) bond motifs is 1. The van der Waals surface area contributed by atoms with Crippen LogP contribution in [0.1, 0.15) is 21.5 Å². The maximum atomic E-state index is 12.1. The Labute approximate surface area is 135 Å². The van der Waals surface area contributed by atoms with Crippen molar-refractivity contribution in [3.05, 3.63) is 56.8 Å². The van der Waals surface area contributed by atoms with E-state index in [1.807, 2.05) is 12.1 Å². The minimum Gasteiger partial charge on any atom is -0.493 e. The van der Waals surface area contributed by atoms with E-state index in [1.165, 1.54) is 6.20 Å². The zero-order valence-electron chi connectivity index (χ0n) is 11.0. The Morgan fingerprint density at radius 2 is 2.33 bits per heavy atom. The number of ether oxygens (including phenoxy) is 1. The van der Waals surface area contributed by atoms with E-state index in [0.717, 1.165) is 27.8 Å². The molecule has 1 aliphatic heterocycles. The molecule has 0 fully saturated rings. The Hall–Kier alpha value is -1.59. The van der Waals surface area contributed by atoms with Crippen molar-refractivity contribution in [1.82, 2.24) is 10.3 Å². The van der Waals surface area contributed by atoms with Crippen LogP contribution in [-0.2, 0) is 13.0 Å². The third-order valence-corrected chi connectivity index (χ3v) is 4.04. The van der Waals surface area contributed by atoms with Gasteiger partial charge in [-0.3, -0.25) is 9.78 Å². The molecule has 2 aromatic rings. The number of hydrogen-bond acceptors (Lipinski definition) is 3. The van der Waals surface area contributed by atoms with Gasteiger partial charge in [0.1, 0.15) is 5.75 Å². The zero-order valence-corrected chi connectivity index (χ0v) is 13.4. The Kier molecular flexibility index (Phi) is 4.12. The van der Waals surface area contributed by atoms with Crippen LogP contribution >= 0.6 is 27.5 Å². The quantitative estimate of drug-likeness (QED) is 0.905. The normalized spacial score (nSPS) is 12.7. The number of carbonyl (C=O) groups excluding carboxylic acids is 1. The number of amides is 1. The summed E-state index contributed by atoms with van der Waals surface area (Å²) in [6, 6.07) is 5.60. The van der Waals surface area contributed by atoms with Gasteiger partial charge in [-0.2, -0.15) is 0 Å². The van der Waals surface area contributed by atoms with Gasteiger partial charge < -0.3 is 10.1 Å². The van der Waals surface area contributed by atoms with E-state index < -0.39 is 0 Å². The summed E-state index contributed by atoms with van der Waals surface area (Å²) in [6.07, 6.45) is 3.89. The van der Waals surface area contributed by atoms with Crippen LogP contribution in [0.25, 0.3) is 0 Å². The summed E-state index contributed by atoms with van der Waals surface area (Å²) in [6.45, 7) is 1.07. The third kappa shape index (κ3) is 3.04. The molecule has 1 aliphatic rings. The van der Waals surface area contributed by atoms with Crippen LogP contribution in [-0.4, -0.2) is 17.5 Å². The Morgan fingerprint density at radius 3 is 3.14 bits per heavy atom. The van der Waals surface area contributed by atoms with Crippen LogP contribution in [0.2, 0.25) is 5.02 Å². The number of pyridine rings is 1. The first-order valence-electron chi connectivity index (χ1n) is 6.47. The summed E-state index contributed by atoms with van der Waals surface area (Å²) >= 11 is 9.45. The van der Waals surface area contributed by atoms with E-state index >= 15 is 0 Å². The van der Waals surface area contributed by atoms with Gasteiger partial charge in [0.15, 0.2) is 0 Å². The molecule has 1 amide bonds. The maximum absolute atomic E-state index is 12.1. The topological polar surface area (TPSA) is 51.2 Å². The smallest absolute Gasteiger partial charge is 0.253 e. The minimum atomic E-state index is -0.228. The summed E-state index contributed by atoms with van der Waals surface area (Å²) in [5, 5.41) is 3.20. The van der Waals surface area contributed by atoms with Crippen molar-refractivity contribution in [3.8, 4) is 5.75 Å². The standard InChI is InChI=1S/C15H12BrClN2O2/c16-11-5-9-2-4-21-14(9)10(6-11)7-19-15(20)12-1-3-18-8-13(12)17/h1,3,5-6,8H,2,4,7H2,(H,19,20). The second kappa shape index (κ2) is 6.03. The first-order chi connectivity index (χ1) is 10.1. The summed E-state index contributed by atoms with van der Waals surface area (Å²) in [5.41, 5.74) is 2.53. The zero-order chi connectivity index (χ0) is 14.8. The first-order valence-corrected chi connectivity index (χ1v) is 7.64. The average Bonchev–Trinajstić information content (AvgIpc) is 2.93. The SMILES string of the molecule is O=C(NCc1cc(Br)cc2c1OCC2)c1ccncc1Cl. The van der Waals surface area contributed by atoms with E-state index in [4.69, 9.17) is 16.3 Å². The van der Waals surface area contributed by atoms with Crippen molar-refractivity contribution in [2.45, 2.75) is 13.0 Å². The summed E-state index contributed by atoms with van der Waals surface area (Å²) in [7, 11) is 0. The van der Waals surface area contributed by atoms with Crippen LogP contribution in [0, 0.1) is 0 Å². The van der Waals surface area contributed by atoms with Crippen LogP contribution in [0.5, 0.6) is 5.75 Å². The number of carbonyl (C=O) groups is 1. The molecular weight excluding hydrogens is 356 g/mol. The molecule has 2 heterocycles. The van der Waals surface area contributed by atoms with Crippen LogP contribution in [0.4, 0.5) is 0 Å². The summed E-state index contributed by atoms with van der Waals surface area (Å²) < 4.78 is 6.62. The van der Waals surface area contributed by atoms with Crippen molar-refractivity contribution in [2.24, 2.45) is 0 Å². The molecule has 1 aromatic heterocycles. The largest absolute Gasteiger partial charge is 0.493 e. The summed E-state index contributed by atoms with van der Waals surface area (Å²) in [4.78, 5) is 16.0. The van der Waals surface area contributed by atoms with Gasteiger partial charge >= 0.3 is 0 Å². The predicted octanol–water partition coefficient (Wildman–Crippen LogP) is 3.36. The molecule has 0 spiro atoms. The molecule has 6 heteroatoms. The molecule has 108 valence electrons. The van der Waals surface area contributed by atoms with Gasteiger partial charge in [-0.15, -0.1) is 0 Å². The number of benzene rings is 1. The second-order valence-electron chi connectivity index (χ2n) is 4.69. The molecule has 3 rings (SSSR count). The Balaban J connectivity index is 1.77. The fourth-order valence-electron chi connectivity index (χ4n) is 2.31. The number of aromatic nitrogens is 1. The average molecular weight is 368 g/mol. The number of rotatable bonds is 3. The fraction of sp³-hybridized carbons (Fsp3) is 0.200. The van der Waals surface area contributed by atoms with Gasteiger partial charge in [0.2, 0.25) is 0 Å². The van der Waals surface area contributed by atoms with E-state index in [0.29, 0.717) is 23.7 Å². The molecule has 1 N–H and O–H groups in total. The fourth-order valence-corrected chi connectivity index (χ4v) is 3.07. The highest BCUT2D eigenvalue weighted by molar-refractivity contribution is 9.10. The lowest BCUT2D eigenvalue weighted by molar-refractivity contribution is 0.0950. The second-order valence-corrected chi connectivity index (χ2v) is 6.01. The van der Waals surface area contributed by atoms with E-state index in [1.54, 1.807) is 12.3 Å². The molecule has 21 heavy (non-hydrogen) atoms. The van der Waals surface area contributed by atoms with Crippen molar-refractivity contribution in [2.75, 3.05) is 6.61 Å². The van der Waals surface area contributed by atoms with Crippen LogP contribution in [0.15, 0.2) is 35.1 Å². The van der Waals surface area contributed by atoms with Gasteiger partial charge in [-0.25, -0.2) is 0 Å². The number of nitrogens with zero attached hydrogens (tertiary/aromatic N) is 1. The van der Waals surface area contributed by atoms with Gasteiger partial charge in [0.05, 0.1) is 17.2 Å². The molecular formula is C15H12BrClN2O2. The summed E-state index contributed by atoms with van der Waals surface area (Å²) in [5.74, 6) is 0.647. The van der Waals surface area contributed by atoms with Gasteiger partial charge in [-0.05, 0) is 23.8 Å². The van der Waals surface area contributed by atoms with Gasteiger partial charge in [-0.1, -0.05) is 27.5 Å². The Bertz CT molecular complexity index is 706. The van der Waals surface area contributed by atoms with Crippen LogP contribution < -0.4 is 10.1 Å². The molecule has 0 bridgehead atoms. The van der Waals surface area contributed by atoms with Gasteiger partial charge in [0, 0.05) is 35.4 Å². The van der Waals surface area contributed by atoms with E-state index in [-0.39, 0.29) is 5.91 Å². The molecule has 0 radical (unpaired) electrons. The maximum Gasteiger partial charge on any atom is 0.253 e. The van der Waals surface area contributed by atoms with Crippen LogP contribution in [0.3, 0.4) is 0 Å². The Morgan fingerprint density at radius 1 is 1.48 bits per heavy atom. The van der Waals surface area contributed by atoms with E-state index in [9.17, 15) is 4.79 Å². The highest BCUT2D eigenvalue weighted by Gasteiger charge is 2.18. The van der Waals surface area contributed by atoms with Crippen molar-refractivity contribution in [1.29, 1.82) is 0 Å². The van der Waals surface area contributed by atoms with E-state index in [2.05, 4.69) is 26.2 Å². The lowest BCUT2D eigenvalue weighted by Gasteiger charge is -2.11. The lowest BCUT2D eigenvalue weighted by atomic mass is 10.1. The predicted molar refractivity (Wildman–Crippen MR) is 83.8 cm³/mol. The molecule has 0 saturated heterocycles. The molecule has 0 atom stereocenters. The molecule has 0 unspecified atom stereocenters. The number of nitrogens with one attached hydrogen (secondary N) is 1. The molecule has 1 aromatic carbocycles. The van der Waals surface area contributed by atoms with Crippen molar-refractivity contribution < 1.29 is 9.53 Å². The van der Waals surface area contributed by atoms with Crippen molar-refractivity contribution >= 4 is 33.4 Å². The number of halogens is 2. The highest BCUT2D eigenvalue weighted by atomic mass is 79.9. The van der Waals surface area contributed by atoms with Gasteiger partial charge in [0.25, 0.3) is 5.91 Å². The van der Waals surface area contributed by atoms with Crippen molar-refractivity contribution in [3.63, 3.8) is 0 Å². The highest BCUT2D eigenvalue weighted by Crippen LogP contribution is 2.32. The molecule has 0 saturated carbocycles. The minimum absolute atomic E-state index is 0.228. The lowest BCUT2D eigenvalue weighted by Crippen LogP contribution is -2.23. The third-order valence-electron chi connectivity index (χ3n) is 3.28. The number of hydrogen-bond donors (Lipinski definition) is 1.